The highest BCUT2D eigenvalue weighted by Crippen LogP contribution is 2.35. The lowest BCUT2D eigenvalue weighted by atomic mass is 9.96. The zero-order chi connectivity index (χ0) is 28.6. The molecule has 0 amide bonds. The van der Waals surface area contributed by atoms with Crippen molar-refractivity contribution < 1.29 is 4.74 Å². The first kappa shape index (κ1) is 29.3. The van der Waals surface area contributed by atoms with E-state index in [9.17, 15) is 0 Å². The number of aryl methyl sites for hydroxylation is 1. The Morgan fingerprint density at radius 1 is 1.10 bits per heavy atom. The minimum Gasteiger partial charge on any atom is -0.373 e. The number of nitrogens with zero attached hydrogens (tertiary/aromatic N) is 5. The van der Waals surface area contributed by atoms with E-state index in [1.165, 1.54) is 5.69 Å². The van der Waals surface area contributed by atoms with Gasteiger partial charge in [0.15, 0.2) is 0 Å². The van der Waals surface area contributed by atoms with E-state index in [0.717, 1.165) is 71.0 Å². The quantitative estimate of drug-likeness (QED) is 0.289. The summed E-state index contributed by atoms with van der Waals surface area (Å²) in [6.07, 6.45) is 7.97. The van der Waals surface area contributed by atoms with E-state index in [1.54, 1.807) is 0 Å². The number of nitrogens with one attached hydrogen (secondary N) is 2. The Kier molecular flexibility index (Phi) is 9.93. The molecule has 0 spiro atoms. The molecule has 1 aliphatic heterocycles. The maximum atomic E-state index is 5.94. The first-order valence-electron chi connectivity index (χ1n) is 14.1. The SMILES string of the molecule is C=Cc1c(Nc2ccc(N3CCOC(CN(C)C)C3)cc2)ncc(-c2ccnc3c2ccn3C)c1CNC.CC. The molecule has 2 N–H and O–H groups in total. The van der Waals surface area contributed by atoms with Gasteiger partial charge in [-0.05, 0) is 68.7 Å². The van der Waals surface area contributed by atoms with Crippen LogP contribution in [0.3, 0.4) is 0 Å². The van der Waals surface area contributed by atoms with Crippen molar-refractivity contribution in [3.63, 3.8) is 0 Å². The molecule has 0 radical (unpaired) electrons. The molecule has 4 aromatic rings. The Balaban J connectivity index is 0.00000181. The Labute approximate surface area is 238 Å². The van der Waals surface area contributed by atoms with Gasteiger partial charge in [-0.15, -0.1) is 0 Å². The predicted molar refractivity (Wildman–Crippen MR) is 168 cm³/mol. The van der Waals surface area contributed by atoms with E-state index >= 15 is 0 Å². The Morgan fingerprint density at radius 3 is 2.58 bits per heavy atom. The van der Waals surface area contributed by atoms with Crippen molar-refractivity contribution in [3.05, 3.63) is 72.7 Å². The third-order valence-electron chi connectivity index (χ3n) is 7.05. The largest absolute Gasteiger partial charge is 0.373 e. The molecule has 4 heterocycles. The van der Waals surface area contributed by atoms with Crippen LogP contribution in [-0.2, 0) is 18.3 Å². The van der Waals surface area contributed by atoms with Crippen LogP contribution in [0.5, 0.6) is 0 Å². The molecule has 1 saturated heterocycles. The van der Waals surface area contributed by atoms with Gasteiger partial charge in [0.1, 0.15) is 11.5 Å². The Bertz CT molecular complexity index is 1410. The summed E-state index contributed by atoms with van der Waals surface area (Å²) >= 11 is 0. The van der Waals surface area contributed by atoms with Gasteiger partial charge in [-0.25, -0.2) is 9.97 Å². The van der Waals surface area contributed by atoms with Crippen LogP contribution in [0.4, 0.5) is 17.2 Å². The number of ether oxygens (including phenoxy) is 1. The normalized spacial score (nSPS) is 15.2. The maximum Gasteiger partial charge on any atom is 0.140 e. The summed E-state index contributed by atoms with van der Waals surface area (Å²) in [7, 11) is 8.15. The molecule has 8 nitrogen and oxygen atoms in total. The lowest BCUT2D eigenvalue weighted by Crippen LogP contribution is -2.46. The second-order valence-corrected chi connectivity index (χ2v) is 10.0. The van der Waals surface area contributed by atoms with Gasteiger partial charge in [-0.3, -0.25) is 0 Å². The number of morpholine rings is 1. The second kappa shape index (κ2) is 13.6. The third kappa shape index (κ3) is 6.36. The molecule has 1 aliphatic rings. The van der Waals surface area contributed by atoms with Gasteiger partial charge in [-0.2, -0.15) is 0 Å². The summed E-state index contributed by atoms with van der Waals surface area (Å²) < 4.78 is 7.98. The van der Waals surface area contributed by atoms with Crippen LogP contribution in [-0.4, -0.2) is 72.9 Å². The fourth-order valence-corrected chi connectivity index (χ4v) is 5.25. The highest BCUT2D eigenvalue weighted by molar-refractivity contribution is 5.95. The minimum absolute atomic E-state index is 0.220. The number of fused-ring (bicyclic) bond motifs is 1. The summed E-state index contributed by atoms with van der Waals surface area (Å²) in [4.78, 5) is 14.0. The van der Waals surface area contributed by atoms with E-state index in [2.05, 4.69) is 82.5 Å². The van der Waals surface area contributed by atoms with Crippen LogP contribution in [0.2, 0.25) is 0 Å². The highest BCUT2D eigenvalue weighted by Gasteiger charge is 2.21. The number of anilines is 3. The van der Waals surface area contributed by atoms with Gasteiger partial charge in [0, 0.05) is 79.7 Å². The summed E-state index contributed by atoms with van der Waals surface area (Å²) in [5.41, 5.74) is 7.47. The zero-order valence-electron chi connectivity index (χ0n) is 24.7. The lowest BCUT2D eigenvalue weighted by Gasteiger charge is -2.35. The number of pyridine rings is 2. The molecule has 1 unspecified atom stereocenters. The van der Waals surface area contributed by atoms with Crippen LogP contribution in [0.15, 0.2) is 61.6 Å². The molecule has 0 saturated carbocycles. The third-order valence-corrected chi connectivity index (χ3v) is 7.05. The van der Waals surface area contributed by atoms with E-state index in [0.29, 0.717) is 6.54 Å². The molecule has 1 atom stereocenters. The van der Waals surface area contributed by atoms with Crippen LogP contribution in [0.25, 0.3) is 28.2 Å². The van der Waals surface area contributed by atoms with E-state index in [1.807, 2.05) is 57.2 Å². The molecule has 40 heavy (non-hydrogen) atoms. The Hall–Kier alpha value is -3.72. The number of hydrogen-bond donors (Lipinski definition) is 2. The van der Waals surface area contributed by atoms with Crippen LogP contribution in [0.1, 0.15) is 25.0 Å². The number of rotatable bonds is 9. The van der Waals surface area contributed by atoms with E-state index in [-0.39, 0.29) is 6.10 Å². The van der Waals surface area contributed by atoms with Gasteiger partial charge in [0.05, 0.1) is 12.7 Å². The van der Waals surface area contributed by atoms with Gasteiger partial charge in [0.2, 0.25) is 0 Å². The van der Waals surface area contributed by atoms with Crippen molar-refractivity contribution in [2.75, 3.05) is 57.6 Å². The number of hydrogen-bond acceptors (Lipinski definition) is 7. The minimum atomic E-state index is 0.220. The number of likely N-dealkylation sites (N-methyl/N-ethyl adjacent to an activating group) is 1. The summed E-state index contributed by atoms with van der Waals surface area (Å²) in [5, 5.41) is 7.97. The van der Waals surface area contributed by atoms with Gasteiger partial charge in [0.25, 0.3) is 0 Å². The molecular formula is C32H43N7O. The lowest BCUT2D eigenvalue weighted by molar-refractivity contribution is 0.0248. The molecule has 0 aliphatic carbocycles. The van der Waals surface area contributed by atoms with Crippen LogP contribution >= 0.6 is 0 Å². The van der Waals surface area contributed by atoms with Gasteiger partial charge >= 0.3 is 0 Å². The summed E-state index contributed by atoms with van der Waals surface area (Å²) in [6, 6.07) is 12.7. The highest BCUT2D eigenvalue weighted by atomic mass is 16.5. The van der Waals surface area contributed by atoms with Crippen molar-refractivity contribution in [1.29, 1.82) is 0 Å². The molecule has 212 valence electrons. The van der Waals surface area contributed by atoms with Crippen molar-refractivity contribution in [1.82, 2.24) is 24.8 Å². The summed E-state index contributed by atoms with van der Waals surface area (Å²) in [5.74, 6) is 0.789. The first-order valence-corrected chi connectivity index (χ1v) is 14.1. The topological polar surface area (TPSA) is 70.5 Å². The molecule has 1 aromatic carbocycles. The molecule has 8 heteroatoms. The fraction of sp³-hybridized carbons (Fsp3) is 0.375. The molecule has 5 rings (SSSR count). The molecule has 0 bridgehead atoms. The smallest absolute Gasteiger partial charge is 0.140 e. The predicted octanol–water partition coefficient (Wildman–Crippen LogP) is 5.53. The van der Waals surface area contributed by atoms with E-state index in [4.69, 9.17) is 9.72 Å². The molecular weight excluding hydrogens is 498 g/mol. The first-order chi connectivity index (χ1) is 19.5. The molecule has 1 fully saturated rings. The van der Waals surface area contributed by atoms with Crippen LogP contribution < -0.4 is 15.5 Å². The average Bonchev–Trinajstić information content (AvgIpc) is 3.35. The van der Waals surface area contributed by atoms with Crippen LogP contribution in [0, 0.1) is 0 Å². The van der Waals surface area contributed by atoms with Crippen molar-refractivity contribution in [2.24, 2.45) is 7.05 Å². The van der Waals surface area contributed by atoms with Crippen molar-refractivity contribution in [3.8, 4) is 11.1 Å². The summed E-state index contributed by atoms with van der Waals surface area (Å²) in [6.45, 7) is 12.3. The average molecular weight is 542 g/mol. The zero-order valence-corrected chi connectivity index (χ0v) is 24.7. The van der Waals surface area contributed by atoms with Gasteiger partial charge < -0.3 is 29.7 Å². The number of aromatic nitrogens is 3. The monoisotopic (exact) mass is 541 g/mol. The van der Waals surface area contributed by atoms with Gasteiger partial charge in [-0.1, -0.05) is 26.5 Å². The fourth-order valence-electron chi connectivity index (χ4n) is 5.25. The molecule has 3 aromatic heterocycles. The standard InChI is InChI=1S/C30H37N7O.C2H6/c1-6-24-27(17-31-2)28(25-11-13-32-30-26(25)12-14-36(30)5)18-33-29(24)34-21-7-9-22(10-8-21)37-15-16-38-23(20-37)19-35(3)4;1-2/h6-14,18,23,31H,1,15-17,19-20H2,2-5H3,(H,33,34);1-2H3. The Morgan fingerprint density at radius 2 is 1.88 bits per heavy atom. The van der Waals surface area contributed by atoms with Crippen molar-refractivity contribution >= 4 is 34.3 Å². The second-order valence-electron chi connectivity index (χ2n) is 10.0. The van der Waals surface area contributed by atoms with Crippen molar-refractivity contribution in [2.45, 2.75) is 26.5 Å². The van der Waals surface area contributed by atoms with E-state index < -0.39 is 0 Å². The number of benzene rings is 1. The maximum absolute atomic E-state index is 5.94.